The number of nitrogens with one attached hydrogen (secondary N) is 1. The molecule has 0 aromatic carbocycles. The lowest BCUT2D eigenvalue weighted by atomic mass is 9.70. The first-order valence-electron chi connectivity index (χ1n) is 7.64. The van der Waals surface area contributed by atoms with Crippen molar-refractivity contribution in [3.05, 3.63) is 0 Å². The van der Waals surface area contributed by atoms with Gasteiger partial charge in [-0.2, -0.15) is 0 Å². The van der Waals surface area contributed by atoms with Gasteiger partial charge in [-0.1, -0.05) is 19.8 Å². The monoisotopic (exact) mass is 238 g/mol. The van der Waals surface area contributed by atoms with Gasteiger partial charge in [0.1, 0.15) is 0 Å². The molecule has 2 aliphatic rings. The lowest BCUT2D eigenvalue weighted by molar-refractivity contribution is 0.0102. The van der Waals surface area contributed by atoms with Crippen LogP contribution in [0.15, 0.2) is 0 Å². The molecular formula is C15H30N2. The second-order valence-corrected chi connectivity index (χ2v) is 6.22. The SMILES string of the molecule is CCC(C)(C(NC)C1CCC1)N1CCCCC1. The maximum atomic E-state index is 3.65. The highest BCUT2D eigenvalue weighted by Gasteiger charge is 2.43. The molecule has 1 N–H and O–H groups in total. The van der Waals surface area contributed by atoms with Gasteiger partial charge >= 0.3 is 0 Å². The molecule has 2 rings (SSSR count). The molecule has 2 atom stereocenters. The Morgan fingerprint density at radius 3 is 2.24 bits per heavy atom. The summed E-state index contributed by atoms with van der Waals surface area (Å²) < 4.78 is 0. The van der Waals surface area contributed by atoms with E-state index >= 15 is 0 Å². The number of nitrogens with zero attached hydrogens (tertiary/aromatic N) is 1. The van der Waals surface area contributed by atoms with E-state index in [9.17, 15) is 0 Å². The van der Waals surface area contributed by atoms with Crippen LogP contribution in [0, 0.1) is 5.92 Å². The molecule has 1 heterocycles. The summed E-state index contributed by atoms with van der Waals surface area (Å²) in [4.78, 5) is 2.77. The molecule has 0 aromatic rings. The second-order valence-electron chi connectivity index (χ2n) is 6.22. The Labute approximate surface area is 107 Å². The highest BCUT2D eigenvalue weighted by molar-refractivity contribution is 5.01. The Balaban J connectivity index is 2.08. The molecule has 2 heteroatoms. The quantitative estimate of drug-likeness (QED) is 0.792. The highest BCUT2D eigenvalue weighted by atomic mass is 15.2. The fraction of sp³-hybridized carbons (Fsp3) is 1.00. The Kier molecular flexibility index (Phi) is 4.48. The summed E-state index contributed by atoms with van der Waals surface area (Å²) in [6.07, 6.45) is 9.83. The van der Waals surface area contributed by atoms with Crippen molar-refractivity contribution in [2.24, 2.45) is 5.92 Å². The maximum absolute atomic E-state index is 3.65. The van der Waals surface area contributed by atoms with Crippen molar-refractivity contribution in [1.82, 2.24) is 10.2 Å². The predicted octanol–water partition coefficient (Wildman–Crippen LogP) is 3.03. The smallest absolute Gasteiger partial charge is 0.0334 e. The van der Waals surface area contributed by atoms with Crippen molar-refractivity contribution in [2.45, 2.75) is 70.4 Å². The van der Waals surface area contributed by atoms with Crippen LogP contribution in [0.3, 0.4) is 0 Å². The largest absolute Gasteiger partial charge is 0.315 e. The Morgan fingerprint density at radius 1 is 1.18 bits per heavy atom. The van der Waals surface area contributed by atoms with Gasteiger partial charge in [-0.05, 0) is 65.1 Å². The van der Waals surface area contributed by atoms with Gasteiger partial charge in [0.05, 0.1) is 0 Å². The Morgan fingerprint density at radius 2 is 1.82 bits per heavy atom. The van der Waals surface area contributed by atoms with Crippen LogP contribution in [0.2, 0.25) is 0 Å². The van der Waals surface area contributed by atoms with Crippen LogP contribution in [0.4, 0.5) is 0 Å². The fourth-order valence-electron chi connectivity index (χ4n) is 3.87. The van der Waals surface area contributed by atoms with E-state index in [0.29, 0.717) is 11.6 Å². The maximum Gasteiger partial charge on any atom is 0.0334 e. The van der Waals surface area contributed by atoms with Gasteiger partial charge in [-0.3, -0.25) is 4.90 Å². The zero-order chi connectivity index (χ0) is 12.3. The van der Waals surface area contributed by atoms with Crippen LogP contribution < -0.4 is 5.32 Å². The van der Waals surface area contributed by atoms with E-state index in [0.717, 1.165) is 5.92 Å². The lowest BCUT2D eigenvalue weighted by Gasteiger charge is -2.52. The van der Waals surface area contributed by atoms with Crippen molar-refractivity contribution < 1.29 is 0 Å². The molecule has 1 saturated carbocycles. The third kappa shape index (κ3) is 2.53. The number of likely N-dealkylation sites (tertiary alicyclic amines) is 1. The molecule has 0 amide bonds. The molecule has 2 nitrogen and oxygen atoms in total. The van der Waals surface area contributed by atoms with Crippen molar-refractivity contribution in [2.75, 3.05) is 20.1 Å². The fourth-order valence-corrected chi connectivity index (χ4v) is 3.87. The van der Waals surface area contributed by atoms with Gasteiger partial charge in [-0.15, -0.1) is 0 Å². The Bertz CT molecular complexity index is 231. The number of rotatable bonds is 5. The number of hydrogen-bond acceptors (Lipinski definition) is 2. The molecule has 1 aliphatic carbocycles. The lowest BCUT2D eigenvalue weighted by Crippen LogP contribution is -2.63. The number of likely N-dealkylation sites (N-methyl/N-ethyl adjacent to an activating group) is 1. The van der Waals surface area contributed by atoms with E-state index in [1.165, 1.54) is 58.0 Å². The van der Waals surface area contributed by atoms with Crippen molar-refractivity contribution in [1.29, 1.82) is 0 Å². The van der Waals surface area contributed by atoms with E-state index in [1.54, 1.807) is 0 Å². The zero-order valence-corrected chi connectivity index (χ0v) is 12.0. The third-order valence-corrected chi connectivity index (χ3v) is 5.40. The number of hydrogen-bond donors (Lipinski definition) is 1. The summed E-state index contributed by atoms with van der Waals surface area (Å²) in [5.74, 6) is 0.923. The van der Waals surface area contributed by atoms with Crippen LogP contribution in [0.1, 0.15) is 58.8 Å². The van der Waals surface area contributed by atoms with Crippen LogP contribution >= 0.6 is 0 Å². The van der Waals surface area contributed by atoms with Gasteiger partial charge in [-0.25, -0.2) is 0 Å². The van der Waals surface area contributed by atoms with Crippen molar-refractivity contribution >= 4 is 0 Å². The second kappa shape index (κ2) is 5.71. The van der Waals surface area contributed by atoms with E-state index in [1.807, 2.05) is 0 Å². The molecule has 100 valence electrons. The first kappa shape index (κ1) is 13.4. The normalized spacial score (nSPS) is 28.4. The molecule has 1 saturated heterocycles. The summed E-state index contributed by atoms with van der Waals surface area (Å²) in [6, 6.07) is 0.694. The average Bonchev–Trinajstić information content (AvgIpc) is 2.33. The summed E-state index contributed by atoms with van der Waals surface area (Å²) in [5.41, 5.74) is 0.375. The third-order valence-electron chi connectivity index (χ3n) is 5.40. The van der Waals surface area contributed by atoms with Crippen LogP contribution in [-0.2, 0) is 0 Å². The molecular weight excluding hydrogens is 208 g/mol. The molecule has 0 bridgehead atoms. The van der Waals surface area contributed by atoms with Gasteiger partial charge < -0.3 is 5.32 Å². The van der Waals surface area contributed by atoms with Crippen LogP contribution in [0.5, 0.6) is 0 Å². The molecule has 0 spiro atoms. The molecule has 1 aliphatic heterocycles. The first-order valence-corrected chi connectivity index (χ1v) is 7.64. The van der Waals surface area contributed by atoms with Crippen molar-refractivity contribution in [3.63, 3.8) is 0 Å². The van der Waals surface area contributed by atoms with Crippen LogP contribution in [-0.4, -0.2) is 36.6 Å². The molecule has 2 fully saturated rings. The Hall–Kier alpha value is -0.0800. The molecule has 17 heavy (non-hydrogen) atoms. The molecule has 0 aromatic heterocycles. The van der Waals surface area contributed by atoms with E-state index < -0.39 is 0 Å². The van der Waals surface area contributed by atoms with Crippen LogP contribution in [0.25, 0.3) is 0 Å². The minimum Gasteiger partial charge on any atom is -0.315 e. The number of piperidine rings is 1. The standard InChI is InChI=1S/C15H30N2/c1-4-15(2,17-11-6-5-7-12-17)14(16-3)13-9-8-10-13/h13-14,16H,4-12H2,1-3H3. The van der Waals surface area contributed by atoms with E-state index in [2.05, 4.69) is 31.1 Å². The first-order chi connectivity index (χ1) is 8.22. The average molecular weight is 238 g/mol. The van der Waals surface area contributed by atoms with Gasteiger partial charge in [0.2, 0.25) is 0 Å². The molecule has 2 unspecified atom stereocenters. The summed E-state index contributed by atoms with van der Waals surface area (Å²) >= 11 is 0. The van der Waals surface area contributed by atoms with Crippen molar-refractivity contribution in [3.8, 4) is 0 Å². The van der Waals surface area contributed by atoms with Gasteiger partial charge in [0.25, 0.3) is 0 Å². The van der Waals surface area contributed by atoms with E-state index in [4.69, 9.17) is 0 Å². The summed E-state index contributed by atoms with van der Waals surface area (Å²) in [6.45, 7) is 7.50. The van der Waals surface area contributed by atoms with Gasteiger partial charge in [0.15, 0.2) is 0 Å². The topological polar surface area (TPSA) is 15.3 Å². The zero-order valence-electron chi connectivity index (χ0n) is 12.0. The van der Waals surface area contributed by atoms with E-state index in [-0.39, 0.29) is 0 Å². The summed E-state index contributed by atoms with van der Waals surface area (Å²) in [7, 11) is 2.17. The minimum absolute atomic E-state index is 0.375. The highest BCUT2D eigenvalue weighted by Crippen LogP contribution is 2.38. The predicted molar refractivity (Wildman–Crippen MR) is 74.3 cm³/mol. The molecule has 0 radical (unpaired) electrons. The summed E-state index contributed by atoms with van der Waals surface area (Å²) in [5, 5.41) is 3.65. The van der Waals surface area contributed by atoms with Gasteiger partial charge in [0, 0.05) is 11.6 Å². The minimum atomic E-state index is 0.375.